The lowest BCUT2D eigenvalue weighted by molar-refractivity contribution is -0.167. The van der Waals surface area contributed by atoms with Crippen LogP contribution in [0.15, 0.2) is 97.2 Å². The Morgan fingerprint density at radius 3 is 0.772 bits per heavy atom. The Hall–Kier alpha value is -3.67. The molecule has 0 radical (unpaired) electrons. The molecule has 0 spiro atoms. The van der Waals surface area contributed by atoms with Crippen molar-refractivity contribution in [2.24, 2.45) is 0 Å². The fraction of sp³-hybridized carbons (Fsp3) is 0.740. The third kappa shape index (κ3) is 65.0. The molecule has 6 nitrogen and oxygen atoms in total. The van der Waals surface area contributed by atoms with E-state index in [1.807, 2.05) is 0 Å². The molecule has 79 heavy (non-hydrogen) atoms. The Morgan fingerprint density at radius 2 is 0.494 bits per heavy atom. The SMILES string of the molecule is CC/C=C\C/C=C\C/C=C\C/C=C\CCCCCCCCCCCCCCCCC(=O)OCC(COC(=O)CCCCCCCCCCCCC)OC(=O)CCCCCCCCCCCC/C=C\C/C=C\C/C=C\C/C=C\CC. The van der Waals surface area contributed by atoms with Crippen molar-refractivity contribution < 1.29 is 28.6 Å². The Bertz CT molecular complexity index is 1540. The lowest BCUT2D eigenvalue weighted by Gasteiger charge is -2.18. The second-order valence-electron chi connectivity index (χ2n) is 22.3. The summed E-state index contributed by atoms with van der Waals surface area (Å²) in [6.07, 6.45) is 90.0. The lowest BCUT2D eigenvalue weighted by atomic mass is 10.0. The number of carbonyl (C=O) groups is 3. The van der Waals surface area contributed by atoms with Crippen LogP contribution in [0.5, 0.6) is 0 Å². The summed E-state index contributed by atoms with van der Waals surface area (Å²) in [5.41, 5.74) is 0. The van der Waals surface area contributed by atoms with Crippen molar-refractivity contribution in [1.29, 1.82) is 0 Å². The first-order chi connectivity index (χ1) is 39.0. The van der Waals surface area contributed by atoms with Gasteiger partial charge in [-0.25, -0.2) is 0 Å². The second-order valence-corrected chi connectivity index (χ2v) is 22.3. The highest BCUT2D eigenvalue weighted by Gasteiger charge is 2.19. The third-order valence-corrected chi connectivity index (χ3v) is 14.6. The van der Waals surface area contributed by atoms with Crippen LogP contribution in [0.1, 0.15) is 329 Å². The van der Waals surface area contributed by atoms with Gasteiger partial charge in [-0.1, -0.05) is 311 Å². The molecule has 0 aromatic heterocycles. The van der Waals surface area contributed by atoms with Crippen molar-refractivity contribution in [2.45, 2.75) is 335 Å². The van der Waals surface area contributed by atoms with Gasteiger partial charge in [0.1, 0.15) is 13.2 Å². The molecular formula is C73H126O6. The molecule has 0 amide bonds. The maximum absolute atomic E-state index is 12.9. The standard InChI is InChI=1S/C73H126O6/c1-4-7-10-13-16-19-22-24-26-28-30-32-34-35-36-37-39-40-42-44-46-48-51-54-57-60-63-66-72(75)78-69-70(68-77-71(74)65-62-59-56-53-50-21-18-15-12-9-6-3)79-73(76)67-64-61-58-55-52-49-47-45-43-41-38-33-31-29-27-25-23-20-17-14-11-8-5-2/h7-8,10-11,16-17,19-20,24-27,30-33,70H,4-6,9,12-15,18,21-23,28-29,34-69H2,1-3H3/b10-7-,11-8-,19-16-,20-17-,26-24-,27-25-,32-30-,33-31-. The summed E-state index contributed by atoms with van der Waals surface area (Å²) in [6, 6.07) is 0. The number of allylic oxidation sites excluding steroid dienone is 16. The van der Waals surface area contributed by atoms with Crippen LogP contribution >= 0.6 is 0 Å². The van der Waals surface area contributed by atoms with Crippen molar-refractivity contribution >= 4 is 17.9 Å². The predicted octanol–water partition coefficient (Wildman–Crippen LogP) is 23.2. The number of ether oxygens (including phenoxy) is 3. The number of esters is 3. The third-order valence-electron chi connectivity index (χ3n) is 14.6. The van der Waals surface area contributed by atoms with Crippen LogP contribution in [-0.2, 0) is 28.6 Å². The second kappa shape index (κ2) is 66.8. The van der Waals surface area contributed by atoms with E-state index in [4.69, 9.17) is 14.2 Å². The van der Waals surface area contributed by atoms with E-state index in [1.165, 1.54) is 180 Å². The molecule has 0 aliphatic rings. The van der Waals surface area contributed by atoms with Crippen LogP contribution in [0.2, 0.25) is 0 Å². The predicted molar refractivity (Wildman–Crippen MR) is 344 cm³/mol. The average molecular weight is 1100 g/mol. The molecule has 0 bridgehead atoms. The molecule has 0 aromatic carbocycles. The highest BCUT2D eigenvalue weighted by molar-refractivity contribution is 5.71. The minimum absolute atomic E-state index is 0.0753. The van der Waals surface area contributed by atoms with Crippen LogP contribution in [0.4, 0.5) is 0 Å². The molecule has 0 aliphatic carbocycles. The van der Waals surface area contributed by atoms with Gasteiger partial charge in [0, 0.05) is 19.3 Å². The van der Waals surface area contributed by atoms with E-state index in [0.717, 1.165) is 109 Å². The van der Waals surface area contributed by atoms with E-state index in [-0.39, 0.29) is 31.1 Å². The summed E-state index contributed by atoms with van der Waals surface area (Å²) >= 11 is 0. The molecule has 0 aliphatic heterocycles. The number of hydrogen-bond acceptors (Lipinski definition) is 6. The van der Waals surface area contributed by atoms with Gasteiger partial charge in [0.15, 0.2) is 6.10 Å². The van der Waals surface area contributed by atoms with Crippen molar-refractivity contribution in [3.8, 4) is 0 Å². The molecule has 0 rings (SSSR count). The van der Waals surface area contributed by atoms with Gasteiger partial charge in [-0.3, -0.25) is 14.4 Å². The van der Waals surface area contributed by atoms with E-state index in [1.54, 1.807) is 0 Å². The smallest absolute Gasteiger partial charge is 0.306 e. The zero-order chi connectivity index (χ0) is 57.1. The molecule has 0 N–H and O–H groups in total. The van der Waals surface area contributed by atoms with Crippen LogP contribution in [-0.4, -0.2) is 37.2 Å². The number of hydrogen-bond donors (Lipinski definition) is 0. The van der Waals surface area contributed by atoms with Crippen LogP contribution in [0.3, 0.4) is 0 Å². The van der Waals surface area contributed by atoms with Crippen molar-refractivity contribution in [3.05, 3.63) is 97.2 Å². The van der Waals surface area contributed by atoms with Crippen molar-refractivity contribution in [1.82, 2.24) is 0 Å². The number of unbranched alkanes of at least 4 members (excludes halogenated alkanes) is 34. The summed E-state index contributed by atoms with van der Waals surface area (Å²) in [5.74, 6) is -0.867. The Kier molecular flexibility index (Phi) is 63.7. The highest BCUT2D eigenvalue weighted by Crippen LogP contribution is 2.17. The molecule has 0 saturated heterocycles. The van der Waals surface area contributed by atoms with Gasteiger partial charge in [-0.05, 0) is 96.3 Å². The first-order valence-electron chi connectivity index (χ1n) is 33.7. The van der Waals surface area contributed by atoms with Crippen LogP contribution in [0.25, 0.3) is 0 Å². The normalized spacial score (nSPS) is 12.7. The fourth-order valence-corrected chi connectivity index (χ4v) is 9.60. The molecule has 0 heterocycles. The lowest BCUT2D eigenvalue weighted by Crippen LogP contribution is -2.30. The van der Waals surface area contributed by atoms with Gasteiger partial charge in [0.25, 0.3) is 0 Å². The Balaban J connectivity index is 4.23. The zero-order valence-electron chi connectivity index (χ0n) is 52.1. The molecule has 0 aromatic rings. The zero-order valence-corrected chi connectivity index (χ0v) is 52.1. The van der Waals surface area contributed by atoms with Crippen LogP contribution in [0, 0.1) is 0 Å². The quantitative estimate of drug-likeness (QED) is 0.0261. The van der Waals surface area contributed by atoms with E-state index in [2.05, 4.69) is 118 Å². The molecule has 6 heteroatoms. The molecule has 0 saturated carbocycles. The maximum Gasteiger partial charge on any atom is 0.306 e. The van der Waals surface area contributed by atoms with Crippen molar-refractivity contribution in [2.75, 3.05) is 13.2 Å². The van der Waals surface area contributed by atoms with Gasteiger partial charge >= 0.3 is 17.9 Å². The summed E-state index contributed by atoms with van der Waals surface area (Å²) in [7, 11) is 0. The summed E-state index contributed by atoms with van der Waals surface area (Å²) in [4.78, 5) is 38.3. The first-order valence-corrected chi connectivity index (χ1v) is 33.7. The largest absolute Gasteiger partial charge is 0.462 e. The number of carbonyl (C=O) groups excluding carboxylic acids is 3. The average Bonchev–Trinajstić information content (AvgIpc) is 3.45. The van der Waals surface area contributed by atoms with Gasteiger partial charge in [-0.15, -0.1) is 0 Å². The van der Waals surface area contributed by atoms with E-state index < -0.39 is 6.10 Å². The Labute approximate surface area is 489 Å². The highest BCUT2D eigenvalue weighted by atomic mass is 16.6. The minimum atomic E-state index is -0.779. The molecule has 1 unspecified atom stereocenters. The maximum atomic E-state index is 12.9. The fourth-order valence-electron chi connectivity index (χ4n) is 9.60. The summed E-state index contributed by atoms with van der Waals surface area (Å²) in [5, 5.41) is 0. The van der Waals surface area contributed by atoms with Gasteiger partial charge < -0.3 is 14.2 Å². The van der Waals surface area contributed by atoms with Gasteiger partial charge in [0.2, 0.25) is 0 Å². The molecule has 1 atom stereocenters. The summed E-state index contributed by atoms with van der Waals surface area (Å²) in [6.45, 7) is 6.44. The van der Waals surface area contributed by atoms with Gasteiger partial charge in [-0.2, -0.15) is 0 Å². The Morgan fingerprint density at radius 1 is 0.266 bits per heavy atom. The van der Waals surface area contributed by atoms with Gasteiger partial charge in [0.05, 0.1) is 0 Å². The number of rotatable bonds is 61. The summed E-state index contributed by atoms with van der Waals surface area (Å²) < 4.78 is 16.9. The molecule has 454 valence electrons. The van der Waals surface area contributed by atoms with E-state index >= 15 is 0 Å². The topological polar surface area (TPSA) is 78.9 Å². The molecule has 0 fully saturated rings. The minimum Gasteiger partial charge on any atom is -0.462 e. The van der Waals surface area contributed by atoms with Crippen LogP contribution < -0.4 is 0 Å². The first kappa shape index (κ1) is 75.3. The van der Waals surface area contributed by atoms with E-state index in [0.29, 0.717) is 19.3 Å². The van der Waals surface area contributed by atoms with Crippen molar-refractivity contribution in [3.63, 3.8) is 0 Å². The van der Waals surface area contributed by atoms with E-state index in [9.17, 15) is 14.4 Å². The molecular weight excluding hydrogens is 973 g/mol. The monoisotopic (exact) mass is 1100 g/mol.